The Bertz CT molecular complexity index is 547. The predicted octanol–water partition coefficient (Wildman–Crippen LogP) is 4.37. The Morgan fingerprint density at radius 2 is 1.89 bits per heavy atom. The van der Waals surface area contributed by atoms with E-state index < -0.39 is 0 Å². The third-order valence-corrected chi connectivity index (χ3v) is 4.17. The van der Waals surface area contributed by atoms with Gasteiger partial charge in [0.1, 0.15) is 6.54 Å². The minimum absolute atomic E-state index is 0. The van der Waals surface area contributed by atoms with Crippen molar-refractivity contribution in [3.8, 4) is 0 Å². The van der Waals surface area contributed by atoms with Crippen molar-refractivity contribution in [2.75, 3.05) is 5.32 Å². The largest absolute Gasteiger partial charge is 0.361 e. The van der Waals surface area contributed by atoms with Gasteiger partial charge in [-0.25, -0.2) is 0 Å². The molecule has 0 aliphatic heterocycles. The first-order chi connectivity index (χ1) is 8.72. The van der Waals surface area contributed by atoms with E-state index in [-0.39, 0.29) is 24.0 Å². The van der Waals surface area contributed by atoms with E-state index in [0.29, 0.717) is 0 Å². The lowest BCUT2D eigenvalue weighted by Crippen LogP contribution is -2.36. The van der Waals surface area contributed by atoms with E-state index >= 15 is 0 Å². The van der Waals surface area contributed by atoms with Crippen LogP contribution >= 0.6 is 35.3 Å². The highest BCUT2D eigenvalue weighted by atomic mass is 127. The van der Waals surface area contributed by atoms with Crippen molar-refractivity contribution in [2.45, 2.75) is 27.3 Å². The zero-order valence-electron chi connectivity index (χ0n) is 11.5. The van der Waals surface area contributed by atoms with Crippen LogP contribution in [0.2, 0.25) is 0 Å². The third-order valence-electron chi connectivity index (χ3n) is 3.00. The van der Waals surface area contributed by atoms with Crippen molar-refractivity contribution in [1.82, 2.24) is 0 Å². The van der Waals surface area contributed by atoms with Crippen molar-refractivity contribution in [3.63, 3.8) is 0 Å². The van der Waals surface area contributed by atoms with Crippen LogP contribution in [0.1, 0.15) is 22.5 Å². The number of hydrogen-bond acceptors (Lipinski definition) is 2. The van der Waals surface area contributed by atoms with Crippen LogP contribution in [0, 0.1) is 13.8 Å². The molecule has 102 valence electrons. The van der Waals surface area contributed by atoms with Gasteiger partial charge in [-0.05, 0) is 26.0 Å². The molecule has 0 saturated heterocycles. The van der Waals surface area contributed by atoms with Crippen molar-refractivity contribution in [3.05, 3.63) is 52.1 Å². The predicted molar refractivity (Wildman–Crippen MR) is 94.2 cm³/mol. The lowest BCUT2D eigenvalue weighted by molar-refractivity contribution is -0.696. The number of hydrogen-bond donors (Lipinski definition) is 1. The molecule has 0 unspecified atom stereocenters. The number of nitrogens with zero attached hydrogens (tertiary/aromatic N) is 1. The molecule has 0 bridgehead atoms. The number of para-hydroxylation sites is 1. The van der Waals surface area contributed by atoms with Crippen LogP contribution in [-0.2, 0) is 6.54 Å². The van der Waals surface area contributed by atoms with Crippen molar-refractivity contribution in [1.29, 1.82) is 0 Å². The summed E-state index contributed by atoms with van der Waals surface area (Å²) in [6, 6.07) is 10.2. The van der Waals surface area contributed by atoms with Crippen LogP contribution < -0.4 is 9.88 Å². The highest BCUT2D eigenvalue weighted by molar-refractivity contribution is 14.0. The molecular weight excluding hydrogens is 367 g/mol. The SMILES string of the molecule is CC[n+]1c(/C=C/Nc2ccccc2)sc(C)c1C.I. The Morgan fingerprint density at radius 3 is 2.53 bits per heavy atom. The molecule has 1 aromatic carbocycles. The van der Waals surface area contributed by atoms with Crippen LogP contribution in [0.3, 0.4) is 0 Å². The van der Waals surface area contributed by atoms with Crippen LogP contribution in [0.5, 0.6) is 0 Å². The first-order valence-electron chi connectivity index (χ1n) is 6.20. The summed E-state index contributed by atoms with van der Waals surface area (Å²) < 4.78 is 2.34. The van der Waals surface area contributed by atoms with E-state index in [9.17, 15) is 0 Å². The molecule has 2 nitrogen and oxygen atoms in total. The molecule has 0 fully saturated rings. The van der Waals surface area contributed by atoms with Gasteiger partial charge in [-0.1, -0.05) is 29.5 Å². The number of anilines is 1. The molecule has 0 aliphatic rings. The first kappa shape index (κ1) is 16.2. The molecule has 0 amide bonds. The Hall–Kier alpha value is -0.880. The second-order valence-corrected chi connectivity index (χ2v) is 5.40. The lowest BCUT2D eigenvalue weighted by atomic mass is 10.3. The summed E-state index contributed by atoms with van der Waals surface area (Å²) in [4.78, 5) is 1.39. The van der Waals surface area contributed by atoms with Crippen molar-refractivity contribution >= 4 is 47.1 Å². The molecule has 0 saturated carbocycles. The quantitative estimate of drug-likeness (QED) is 0.609. The standard InChI is InChI=1S/C15H18N2S.HI/c1-4-17-12(2)13(3)18-15(17)10-11-16-14-8-6-5-7-9-14;/h5-11H,4H2,1-3H3;1H/p+1. The normalized spacial score (nSPS) is 10.5. The summed E-state index contributed by atoms with van der Waals surface area (Å²) in [5.41, 5.74) is 2.48. The fourth-order valence-corrected chi connectivity index (χ4v) is 2.99. The van der Waals surface area contributed by atoms with Crippen LogP contribution in [0.4, 0.5) is 5.69 Å². The fourth-order valence-electron chi connectivity index (χ4n) is 1.90. The highest BCUT2D eigenvalue weighted by Gasteiger charge is 2.16. The molecule has 4 heteroatoms. The minimum Gasteiger partial charge on any atom is -0.361 e. The van der Waals surface area contributed by atoms with E-state index in [1.54, 1.807) is 0 Å². The Kier molecular flexibility index (Phi) is 6.51. The molecule has 1 aromatic heterocycles. The van der Waals surface area contributed by atoms with Gasteiger partial charge in [-0.2, -0.15) is 4.57 Å². The molecule has 0 radical (unpaired) electrons. The summed E-state index contributed by atoms with van der Waals surface area (Å²) in [7, 11) is 0. The zero-order chi connectivity index (χ0) is 13.0. The van der Waals surface area contributed by atoms with Crippen LogP contribution in [0.15, 0.2) is 36.5 Å². The van der Waals surface area contributed by atoms with Gasteiger partial charge in [0.15, 0.2) is 5.69 Å². The van der Waals surface area contributed by atoms with E-state index in [0.717, 1.165) is 12.2 Å². The summed E-state index contributed by atoms with van der Waals surface area (Å²) in [6.07, 6.45) is 4.15. The molecule has 1 heterocycles. The van der Waals surface area contributed by atoms with E-state index in [4.69, 9.17) is 0 Å². The average Bonchev–Trinajstić information content (AvgIpc) is 2.66. The summed E-state index contributed by atoms with van der Waals surface area (Å²) in [5, 5.41) is 4.57. The topological polar surface area (TPSA) is 15.9 Å². The van der Waals surface area contributed by atoms with Crippen molar-refractivity contribution < 1.29 is 4.57 Å². The number of aryl methyl sites for hydroxylation is 1. The number of aromatic nitrogens is 1. The van der Waals surface area contributed by atoms with Gasteiger partial charge < -0.3 is 5.32 Å². The molecule has 0 aliphatic carbocycles. The maximum atomic E-state index is 3.29. The summed E-state index contributed by atoms with van der Waals surface area (Å²) in [5.74, 6) is 0. The van der Waals surface area contributed by atoms with Crippen molar-refractivity contribution in [2.24, 2.45) is 0 Å². The number of thiazole rings is 1. The second kappa shape index (κ2) is 7.65. The van der Waals surface area contributed by atoms with Crippen LogP contribution in [0.25, 0.3) is 6.08 Å². The number of nitrogens with one attached hydrogen (secondary N) is 1. The monoisotopic (exact) mass is 387 g/mol. The molecule has 19 heavy (non-hydrogen) atoms. The fraction of sp³-hybridized carbons (Fsp3) is 0.267. The first-order valence-corrected chi connectivity index (χ1v) is 7.02. The van der Waals surface area contributed by atoms with Gasteiger partial charge in [-0.15, -0.1) is 24.0 Å². The third kappa shape index (κ3) is 4.04. The Balaban J connectivity index is 0.00000180. The van der Waals surface area contributed by atoms with Crippen LogP contribution in [-0.4, -0.2) is 0 Å². The average molecular weight is 387 g/mol. The molecule has 0 spiro atoms. The maximum Gasteiger partial charge on any atom is 0.263 e. The molecular formula is C15H20IN2S+. The van der Waals surface area contributed by atoms with Gasteiger partial charge in [-0.3, -0.25) is 0 Å². The summed E-state index contributed by atoms with van der Waals surface area (Å²) >= 11 is 1.84. The Labute approximate surface area is 136 Å². The van der Waals surface area contributed by atoms with E-state index in [2.05, 4.69) is 48.9 Å². The van der Waals surface area contributed by atoms with Gasteiger partial charge in [0.2, 0.25) is 0 Å². The van der Waals surface area contributed by atoms with Gasteiger partial charge in [0.05, 0.1) is 4.88 Å². The molecule has 2 rings (SSSR count). The van der Waals surface area contributed by atoms with Gasteiger partial charge in [0.25, 0.3) is 5.01 Å². The highest BCUT2D eigenvalue weighted by Crippen LogP contribution is 2.16. The lowest BCUT2D eigenvalue weighted by Gasteiger charge is -1.97. The molecule has 2 aromatic rings. The maximum absolute atomic E-state index is 3.29. The van der Waals surface area contributed by atoms with Gasteiger partial charge in [0, 0.05) is 24.9 Å². The van der Waals surface area contributed by atoms with Gasteiger partial charge >= 0.3 is 0 Å². The number of rotatable bonds is 4. The smallest absolute Gasteiger partial charge is 0.263 e. The minimum atomic E-state index is 0. The zero-order valence-corrected chi connectivity index (χ0v) is 14.7. The number of halogens is 1. The number of benzene rings is 1. The second-order valence-electron chi connectivity index (χ2n) is 4.17. The Morgan fingerprint density at radius 1 is 1.21 bits per heavy atom. The summed E-state index contributed by atoms with van der Waals surface area (Å²) in [6.45, 7) is 7.55. The van der Waals surface area contributed by atoms with E-state index in [1.165, 1.54) is 15.6 Å². The van der Waals surface area contributed by atoms with E-state index in [1.807, 2.05) is 35.7 Å². The molecule has 1 N–H and O–H groups in total. The molecule has 0 atom stereocenters.